The molecule has 1 saturated heterocycles. The van der Waals surface area contributed by atoms with Gasteiger partial charge in [-0.25, -0.2) is 0 Å². The van der Waals surface area contributed by atoms with Crippen LogP contribution in [-0.2, 0) is 23.9 Å². The Bertz CT molecular complexity index is 998. The van der Waals surface area contributed by atoms with Crippen molar-refractivity contribution in [1.29, 1.82) is 0 Å². The van der Waals surface area contributed by atoms with Gasteiger partial charge in [0.2, 0.25) is 5.91 Å². The summed E-state index contributed by atoms with van der Waals surface area (Å²) in [5.41, 5.74) is 0. The van der Waals surface area contributed by atoms with Gasteiger partial charge in [0.25, 0.3) is 0 Å². The van der Waals surface area contributed by atoms with Crippen LogP contribution >= 0.6 is 0 Å². The largest absolute Gasteiger partial charge is 0.464 e. The monoisotopic (exact) mass is 773 g/mol. The van der Waals surface area contributed by atoms with E-state index in [4.69, 9.17) is 9.47 Å². The molecule has 0 radical (unpaired) electrons. The van der Waals surface area contributed by atoms with Crippen molar-refractivity contribution in [3.8, 4) is 0 Å². The molecule has 0 aromatic rings. The quantitative estimate of drug-likeness (QED) is 0.0368. The molecule has 9 heteroatoms. The average molecular weight is 773 g/mol. The molecule has 316 valence electrons. The molecule has 1 heterocycles. The van der Waals surface area contributed by atoms with Crippen LogP contribution in [0.4, 0.5) is 0 Å². The number of amides is 1. The van der Waals surface area contributed by atoms with E-state index in [1.807, 2.05) is 0 Å². The molecule has 0 bridgehead atoms. The van der Waals surface area contributed by atoms with Gasteiger partial charge in [-0.15, -0.1) is 0 Å². The fraction of sp³-hybridized carbons (Fsp3) is 0.761. The first kappa shape index (κ1) is 50.3. The maximum atomic E-state index is 13.1. The van der Waals surface area contributed by atoms with Crippen LogP contribution in [0.15, 0.2) is 48.6 Å². The van der Waals surface area contributed by atoms with Crippen molar-refractivity contribution < 1.29 is 34.1 Å². The van der Waals surface area contributed by atoms with Gasteiger partial charge in [-0.1, -0.05) is 127 Å². The van der Waals surface area contributed by atoms with E-state index in [2.05, 4.69) is 62.5 Å². The summed E-state index contributed by atoms with van der Waals surface area (Å²) in [5.74, 6) is -0.767. The Morgan fingerprint density at radius 1 is 0.545 bits per heavy atom. The number of esters is 2. The van der Waals surface area contributed by atoms with Gasteiger partial charge >= 0.3 is 11.9 Å². The number of unbranched alkanes of at least 4 members (excludes halogenated alkanes) is 16. The Morgan fingerprint density at radius 2 is 0.909 bits per heavy atom. The lowest BCUT2D eigenvalue weighted by molar-refractivity contribution is -0.148. The molecular formula is C46H80N2O7. The van der Waals surface area contributed by atoms with Crippen LogP contribution in [0.3, 0.4) is 0 Å². The fourth-order valence-corrected chi connectivity index (χ4v) is 6.47. The molecule has 1 rings (SSSR count). The third-order valence-corrected chi connectivity index (χ3v) is 9.96. The Morgan fingerprint density at radius 3 is 1.31 bits per heavy atom. The molecule has 0 aromatic heterocycles. The van der Waals surface area contributed by atoms with Crippen LogP contribution in [0.5, 0.6) is 0 Å². The third-order valence-electron chi connectivity index (χ3n) is 9.96. The number of β-amino-alcohol motifs (C(OH)–C–C–N with tert-alkyl or cyclic N) is 2. The zero-order valence-electron chi connectivity index (χ0n) is 35.0. The molecule has 55 heavy (non-hydrogen) atoms. The van der Waals surface area contributed by atoms with E-state index in [0.717, 1.165) is 89.9 Å². The lowest BCUT2D eigenvalue weighted by Gasteiger charge is -2.25. The van der Waals surface area contributed by atoms with E-state index in [0.29, 0.717) is 12.8 Å². The molecule has 1 aliphatic heterocycles. The maximum Gasteiger partial charge on any atom is 0.305 e. The molecular weight excluding hydrogens is 693 g/mol. The molecule has 1 amide bonds. The predicted molar refractivity (Wildman–Crippen MR) is 226 cm³/mol. The summed E-state index contributed by atoms with van der Waals surface area (Å²) >= 11 is 0. The third kappa shape index (κ3) is 31.1. The van der Waals surface area contributed by atoms with Gasteiger partial charge in [-0.2, -0.15) is 0 Å². The minimum absolute atomic E-state index is 0.0218. The van der Waals surface area contributed by atoms with Gasteiger partial charge in [0.15, 0.2) is 0 Å². The number of allylic oxidation sites excluding steroid dienone is 8. The second-order valence-corrected chi connectivity index (χ2v) is 15.1. The van der Waals surface area contributed by atoms with E-state index >= 15 is 0 Å². The second kappa shape index (κ2) is 36.9. The highest BCUT2D eigenvalue weighted by Crippen LogP contribution is 2.12. The van der Waals surface area contributed by atoms with Crippen LogP contribution in [0.2, 0.25) is 0 Å². The van der Waals surface area contributed by atoms with Crippen LogP contribution in [0.25, 0.3) is 0 Å². The summed E-state index contributed by atoms with van der Waals surface area (Å²) in [7, 11) is 0. The Labute approximate surface area is 335 Å². The van der Waals surface area contributed by atoms with Crippen LogP contribution in [0, 0.1) is 0 Å². The Balaban J connectivity index is 2.23. The highest BCUT2D eigenvalue weighted by Gasteiger charge is 2.31. The lowest BCUT2D eigenvalue weighted by atomic mass is 10.1. The number of aliphatic hydroxyl groups excluding tert-OH is 2. The molecule has 2 N–H and O–H groups in total. The minimum atomic E-state index is -0.883. The second-order valence-electron chi connectivity index (χ2n) is 15.1. The van der Waals surface area contributed by atoms with Gasteiger partial charge in [0.05, 0.1) is 31.8 Å². The number of aliphatic hydroxyl groups is 2. The summed E-state index contributed by atoms with van der Waals surface area (Å²) in [6.07, 6.45) is 41.7. The van der Waals surface area contributed by atoms with Gasteiger partial charge < -0.3 is 24.6 Å². The van der Waals surface area contributed by atoms with Crippen LogP contribution < -0.4 is 0 Å². The molecule has 0 aromatic carbocycles. The SMILES string of the molecule is CCCCC/C=C\C/C=C\CCCCCCCC(=O)OCCN(CCOC(=O)CCCCCCC/C=C\C/C=C\CCCCC)C(=O)CN1CC(O)[C@H](O)C1. The number of rotatable bonds is 36. The Kier molecular flexibility index (Phi) is 33.7. The lowest BCUT2D eigenvalue weighted by Crippen LogP contribution is -2.43. The van der Waals surface area contributed by atoms with E-state index in [1.165, 1.54) is 56.3 Å². The van der Waals surface area contributed by atoms with Crippen molar-refractivity contribution in [2.24, 2.45) is 0 Å². The Hall–Kier alpha value is -2.75. The van der Waals surface area contributed by atoms with E-state index < -0.39 is 12.2 Å². The highest BCUT2D eigenvalue weighted by molar-refractivity contribution is 5.78. The number of carbonyl (C=O) groups is 3. The van der Waals surface area contributed by atoms with E-state index in [9.17, 15) is 24.6 Å². The smallest absolute Gasteiger partial charge is 0.305 e. The first-order valence-electron chi connectivity index (χ1n) is 22.1. The predicted octanol–water partition coefficient (Wildman–Crippen LogP) is 9.57. The summed E-state index contributed by atoms with van der Waals surface area (Å²) in [4.78, 5) is 41.2. The first-order valence-corrected chi connectivity index (χ1v) is 22.1. The van der Waals surface area contributed by atoms with Crippen molar-refractivity contribution >= 4 is 17.8 Å². The number of carbonyl (C=O) groups excluding carboxylic acids is 3. The molecule has 0 spiro atoms. The minimum Gasteiger partial charge on any atom is -0.464 e. The van der Waals surface area contributed by atoms with Crippen molar-refractivity contribution in [2.75, 3.05) is 45.9 Å². The summed E-state index contributed by atoms with van der Waals surface area (Å²) in [6, 6.07) is 0. The van der Waals surface area contributed by atoms with Gasteiger partial charge in [0, 0.05) is 25.9 Å². The fourth-order valence-electron chi connectivity index (χ4n) is 6.47. The zero-order chi connectivity index (χ0) is 40.0. The summed E-state index contributed by atoms with van der Waals surface area (Å²) in [5, 5.41) is 19.8. The van der Waals surface area contributed by atoms with Gasteiger partial charge in [-0.3, -0.25) is 19.3 Å². The van der Waals surface area contributed by atoms with Crippen LogP contribution in [-0.4, -0.2) is 96.0 Å². The van der Waals surface area contributed by atoms with Gasteiger partial charge in [-0.05, 0) is 77.0 Å². The number of likely N-dealkylation sites (tertiary alicyclic amines) is 1. The first-order chi connectivity index (χ1) is 26.9. The van der Waals surface area contributed by atoms with Gasteiger partial charge in [0.1, 0.15) is 13.2 Å². The maximum absolute atomic E-state index is 13.1. The van der Waals surface area contributed by atoms with Crippen molar-refractivity contribution in [2.45, 2.75) is 180 Å². The van der Waals surface area contributed by atoms with Crippen molar-refractivity contribution in [3.05, 3.63) is 48.6 Å². The molecule has 1 fully saturated rings. The van der Waals surface area contributed by atoms with E-state index in [1.54, 1.807) is 4.90 Å². The summed E-state index contributed by atoms with van der Waals surface area (Å²) < 4.78 is 10.9. The highest BCUT2D eigenvalue weighted by atomic mass is 16.5. The number of nitrogens with zero attached hydrogens (tertiary/aromatic N) is 2. The molecule has 9 nitrogen and oxygen atoms in total. The topological polar surface area (TPSA) is 117 Å². The summed E-state index contributed by atoms with van der Waals surface area (Å²) in [6.45, 7) is 5.42. The molecule has 0 aliphatic carbocycles. The van der Waals surface area contributed by atoms with Crippen molar-refractivity contribution in [3.63, 3.8) is 0 Å². The normalized spacial score (nSPS) is 16.4. The molecule has 1 unspecified atom stereocenters. The number of hydrogen-bond acceptors (Lipinski definition) is 8. The number of ether oxygens (including phenoxy) is 2. The number of hydrogen-bond donors (Lipinski definition) is 2. The molecule has 2 atom stereocenters. The standard InChI is InChI=1S/C46H80N2O7/c1-3-5-7-9-11-13-15-17-19-21-23-25-27-29-31-33-45(52)54-37-35-48(44(51)41-47-39-42(49)43(50)40-47)36-38-55-46(53)34-32-30-28-26-24-22-20-18-16-14-12-10-8-6-4-2/h11-14,17-20,42-43,49-50H,3-10,15-16,21-41H2,1-2H3/b13-11-,14-12-,19-17-,20-18-/t42-,43?/m1/s1. The molecule has 0 saturated carbocycles. The van der Waals surface area contributed by atoms with E-state index in [-0.39, 0.29) is 63.8 Å². The molecule has 1 aliphatic rings. The zero-order valence-corrected chi connectivity index (χ0v) is 35.0. The average Bonchev–Trinajstić information content (AvgIpc) is 3.49. The van der Waals surface area contributed by atoms with Crippen LogP contribution in [0.1, 0.15) is 168 Å². The van der Waals surface area contributed by atoms with Crippen molar-refractivity contribution in [1.82, 2.24) is 9.80 Å².